The first-order valence-corrected chi connectivity index (χ1v) is 9.67. The van der Waals surface area contributed by atoms with Crippen LogP contribution >= 0.6 is 23.5 Å². The molecule has 1 aromatic carbocycles. The van der Waals surface area contributed by atoms with Crippen LogP contribution in [0.15, 0.2) is 18.2 Å². The fourth-order valence-electron chi connectivity index (χ4n) is 3.04. The highest BCUT2D eigenvalue weighted by molar-refractivity contribution is 8.07. The molecule has 0 saturated carbocycles. The molecule has 2 heterocycles. The van der Waals surface area contributed by atoms with E-state index in [0.717, 1.165) is 31.0 Å². The predicted molar refractivity (Wildman–Crippen MR) is 93.1 cm³/mol. The largest absolute Gasteiger partial charge is 0.493 e. The molecule has 0 spiro atoms. The van der Waals surface area contributed by atoms with Crippen molar-refractivity contribution in [3.63, 3.8) is 0 Å². The number of hydrogen-bond acceptors (Lipinski definition) is 5. The van der Waals surface area contributed by atoms with Crippen LogP contribution in [0, 0.1) is 0 Å². The summed E-state index contributed by atoms with van der Waals surface area (Å²) in [4.78, 5) is 0. The Bertz CT molecular complexity index is 497. The Balaban J connectivity index is 1.87. The molecule has 4 atom stereocenters. The fraction of sp³-hybridized carbons (Fsp3) is 0.625. The predicted octanol–water partition coefficient (Wildman–Crippen LogP) is 3.14. The third kappa shape index (κ3) is 3.21. The lowest BCUT2D eigenvalue weighted by molar-refractivity contribution is 0.281. The molecular formula is C16H24N2OS2. The number of nitrogens with one attached hydrogen (secondary N) is 1. The number of fused-ring (bicyclic) bond motifs is 1. The van der Waals surface area contributed by atoms with Crippen molar-refractivity contribution in [3.8, 4) is 5.75 Å². The zero-order valence-corrected chi connectivity index (χ0v) is 14.3. The molecule has 2 aliphatic rings. The van der Waals surface area contributed by atoms with E-state index in [4.69, 9.17) is 10.6 Å². The minimum absolute atomic E-state index is 0.158. The molecule has 5 heteroatoms. The van der Waals surface area contributed by atoms with Crippen LogP contribution in [0.4, 0.5) is 0 Å². The number of hydrogen-bond donors (Lipinski definition) is 2. The molecule has 1 saturated heterocycles. The number of nitrogens with two attached hydrogens (primary N) is 1. The summed E-state index contributed by atoms with van der Waals surface area (Å²) in [6.45, 7) is 5.46. The summed E-state index contributed by atoms with van der Waals surface area (Å²) in [7, 11) is 0. The van der Waals surface area contributed by atoms with E-state index >= 15 is 0 Å². The zero-order valence-electron chi connectivity index (χ0n) is 12.7. The molecule has 3 rings (SSSR count). The maximum absolute atomic E-state index is 5.96. The Labute approximate surface area is 135 Å². The van der Waals surface area contributed by atoms with E-state index in [1.54, 1.807) is 0 Å². The molecule has 0 radical (unpaired) electrons. The summed E-state index contributed by atoms with van der Waals surface area (Å²) in [5.41, 5.74) is 5.62. The molecular weight excluding hydrogens is 300 g/mol. The van der Waals surface area contributed by atoms with Gasteiger partial charge >= 0.3 is 0 Å². The first kappa shape index (κ1) is 15.5. The van der Waals surface area contributed by atoms with Crippen LogP contribution in [-0.2, 0) is 6.42 Å². The van der Waals surface area contributed by atoms with Gasteiger partial charge in [0, 0.05) is 27.1 Å². The number of rotatable bonds is 3. The summed E-state index contributed by atoms with van der Waals surface area (Å²) in [6, 6.07) is 6.65. The van der Waals surface area contributed by atoms with Gasteiger partial charge in [-0.1, -0.05) is 32.0 Å². The molecule has 3 nitrogen and oxygen atoms in total. The lowest BCUT2D eigenvalue weighted by Gasteiger charge is -2.36. The summed E-state index contributed by atoms with van der Waals surface area (Å²) in [5, 5.41) is 1.86. The zero-order chi connectivity index (χ0) is 14.8. The molecule has 4 unspecified atom stereocenters. The van der Waals surface area contributed by atoms with Gasteiger partial charge in [-0.2, -0.15) is 23.5 Å². The van der Waals surface area contributed by atoms with Gasteiger partial charge in [0.1, 0.15) is 5.75 Å². The van der Waals surface area contributed by atoms with Crippen molar-refractivity contribution in [2.75, 3.05) is 12.4 Å². The number of thioether (sulfide) groups is 2. The smallest absolute Gasteiger partial charge is 0.127 e. The lowest BCUT2D eigenvalue weighted by atomic mass is 9.97. The molecule has 0 bridgehead atoms. The van der Waals surface area contributed by atoms with Crippen LogP contribution in [0.25, 0.3) is 0 Å². The van der Waals surface area contributed by atoms with Crippen molar-refractivity contribution >= 4 is 23.5 Å². The quantitative estimate of drug-likeness (QED) is 0.661. The van der Waals surface area contributed by atoms with Crippen molar-refractivity contribution in [3.05, 3.63) is 29.3 Å². The van der Waals surface area contributed by atoms with Crippen molar-refractivity contribution in [2.24, 2.45) is 5.84 Å². The molecule has 1 fully saturated rings. The van der Waals surface area contributed by atoms with Crippen LogP contribution in [0.1, 0.15) is 37.4 Å². The Hall–Kier alpha value is -0.360. The van der Waals surface area contributed by atoms with Gasteiger partial charge in [0.2, 0.25) is 0 Å². The van der Waals surface area contributed by atoms with Crippen LogP contribution in [-0.4, -0.2) is 28.1 Å². The summed E-state index contributed by atoms with van der Waals surface area (Å²) in [6.07, 6.45) is 2.22. The highest BCUT2D eigenvalue weighted by Crippen LogP contribution is 2.43. The van der Waals surface area contributed by atoms with Crippen molar-refractivity contribution < 1.29 is 4.74 Å². The van der Waals surface area contributed by atoms with Gasteiger partial charge in [-0.15, -0.1) is 0 Å². The van der Waals surface area contributed by atoms with Gasteiger partial charge in [0.05, 0.1) is 12.6 Å². The first-order chi connectivity index (χ1) is 10.2. The minimum atomic E-state index is 0.158. The molecule has 2 aliphatic heterocycles. The van der Waals surface area contributed by atoms with Gasteiger partial charge in [-0.3, -0.25) is 11.3 Å². The lowest BCUT2D eigenvalue weighted by Crippen LogP contribution is -2.40. The number of ether oxygens (including phenoxy) is 1. The Kier molecular flexibility index (Phi) is 5.04. The maximum Gasteiger partial charge on any atom is 0.127 e. The van der Waals surface area contributed by atoms with Gasteiger partial charge in [-0.05, 0) is 18.4 Å². The topological polar surface area (TPSA) is 47.3 Å². The minimum Gasteiger partial charge on any atom is -0.493 e. The summed E-state index contributed by atoms with van der Waals surface area (Å²) < 4.78 is 5.96. The Morgan fingerprint density at radius 3 is 2.95 bits per heavy atom. The second kappa shape index (κ2) is 6.82. The van der Waals surface area contributed by atoms with Crippen LogP contribution in [0.5, 0.6) is 5.75 Å². The molecule has 3 N–H and O–H groups in total. The Morgan fingerprint density at radius 1 is 1.33 bits per heavy atom. The van der Waals surface area contributed by atoms with Gasteiger partial charge in [0.15, 0.2) is 0 Å². The van der Waals surface area contributed by atoms with E-state index in [0.29, 0.717) is 15.7 Å². The molecule has 116 valence electrons. The van der Waals surface area contributed by atoms with E-state index in [9.17, 15) is 0 Å². The van der Waals surface area contributed by atoms with E-state index in [2.05, 4.69) is 61.0 Å². The van der Waals surface area contributed by atoms with Gasteiger partial charge < -0.3 is 4.74 Å². The monoisotopic (exact) mass is 324 g/mol. The summed E-state index contributed by atoms with van der Waals surface area (Å²) in [5.74, 6) is 8.13. The fourth-order valence-corrected chi connectivity index (χ4v) is 6.13. The molecule has 21 heavy (non-hydrogen) atoms. The van der Waals surface area contributed by atoms with Crippen LogP contribution < -0.4 is 16.0 Å². The third-order valence-corrected chi connectivity index (χ3v) is 7.92. The highest BCUT2D eigenvalue weighted by atomic mass is 32.2. The normalized spacial score (nSPS) is 30.3. The number of aryl methyl sites for hydroxylation is 1. The number of hydrazine groups is 1. The highest BCUT2D eigenvalue weighted by Gasteiger charge is 2.33. The Morgan fingerprint density at radius 2 is 2.19 bits per heavy atom. The maximum atomic E-state index is 5.96. The molecule has 0 aromatic heterocycles. The average Bonchev–Trinajstić information content (AvgIpc) is 2.52. The van der Waals surface area contributed by atoms with Crippen LogP contribution in [0.3, 0.4) is 0 Å². The van der Waals surface area contributed by atoms with E-state index in [1.807, 2.05) is 0 Å². The van der Waals surface area contributed by atoms with E-state index in [1.165, 1.54) is 11.1 Å². The SMILES string of the molecule is CC1SCC(C(NN)c2cccc3c2OCCC3)SC1C. The van der Waals surface area contributed by atoms with Crippen LogP contribution in [0.2, 0.25) is 0 Å². The number of benzene rings is 1. The number of para-hydroxylation sites is 1. The van der Waals surface area contributed by atoms with E-state index in [-0.39, 0.29) is 6.04 Å². The standard InChI is InChI=1S/C16H24N2OS2/c1-10-11(2)21-14(9-20-10)15(18-17)13-7-3-5-12-6-4-8-19-16(12)13/h3,5,7,10-11,14-15,18H,4,6,8-9,17H2,1-2H3. The first-order valence-electron chi connectivity index (χ1n) is 7.68. The van der Waals surface area contributed by atoms with Gasteiger partial charge in [-0.25, -0.2) is 0 Å². The van der Waals surface area contributed by atoms with Crippen molar-refractivity contribution in [1.29, 1.82) is 0 Å². The molecule has 1 aromatic rings. The second-order valence-corrected chi connectivity index (χ2v) is 8.88. The second-order valence-electron chi connectivity index (χ2n) is 5.85. The van der Waals surface area contributed by atoms with Crippen molar-refractivity contribution in [2.45, 2.75) is 48.5 Å². The molecule has 0 amide bonds. The van der Waals surface area contributed by atoms with Crippen molar-refractivity contribution in [1.82, 2.24) is 5.43 Å². The van der Waals surface area contributed by atoms with Gasteiger partial charge in [0.25, 0.3) is 0 Å². The average molecular weight is 325 g/mol. The molecule has 0 aliphatic carbocycles. The third-order valence-electron chi connectivity index (χ3n) is 4.42. The summed E-state index contributed by atoms with van der Waals surface area (Å²) >= 11 is 4.11. The van der Waals surface area contributed by atoms with E-state index < -0.39 is 0 Å².